The maximum absolute atomic E-state index is 14.1. The minimum atomic E-state index is -0.890. The third-order valence-corrected chi connectivity index (χ3v) is 7.47. The van der Waals surface area contributed by atoms with Crippen LogP contribution in [0.1, 0.15) is 51.9 Å². The number of nitrogens with one attached hydrogen (secondary N) is 3. The van der Waals surface area contributed by atoms with Crippen molar-refractivity contribution >= 4 is 23.4 Å². The Hall–Kier alpha value is -3.22. The van der Waals surface area contributed by atoms with E-state index in [1.54, 1.807) is 11.8 Å². The van der Waals surface area contributed by atoms with Crippen molar-refractivity contribution in [2.45, 2.75) is 76.0 Å². The first-order valence-corrected chi connectivity index (χ1v) is 12.3. The van der Waals surface area contributed by atoms with E-state index >= 15 is 0 Å². The van der Waals surface area contributed by atoms with Gasteiger partial charge in [-0.05, 0) is 76.0 Å². The Morgan fingerprint density at radius 2 is 1.97 bits per heavy atom. The van der Waals surface area contributed by atoms with Crippen LogP contribution in [0.2, 0.25) is 0 Å². The minimum absolute atomic E-state index is 0.0422. The van der Waals surface area contributed by atoms with Gasteiger partial charge < -0.3 is 20.9 Å². The Kier molecular flexibility index (Phi) is 7.53. The van der Waals surface area contributed by atoms with Crippen molar-refractivity contribution in [1.29, 1.82) is 5.26 Å². The topological polar surface area (TPSA) is 114 Å². The first-order chi connectivity index (χ1) is 16.8. The van der Waals surface area contributed by atoms with Crippen molar-refractivity contribution in [2.75, 3.05) is 11.9 Å². The predicted octanol–water partition coefficient (Wildman–Crippen LogP) is 2.46. The molecule has 1 saturated carbocycles. The molecule has 3 amide bonds. The fourth-order valence-electron chi connectivity index (χ4n) is 5.68. The molecule has 3 aliphatic heterocycles. The molecule has 5 rings (SSSR count). The summed E-state index contributed by atoms with van der Waals surface area (Å²) in [6, 6.07) is 2.46. The number of carbonyl (C=O) groups is 3. The van der Waals surface area contributed by atoms with Crippen molar-refractivity contribution in [3.05, 3.63) is 29.8 Å². The molecule has 8 nitrogen and oxygen atoms in total. The van der Waals surface area contributed by atoms with Crippen LogP contribution in [0.5, 0.6) is 0 Å². The molecule has 3 saturated heterocycles. The van der Waals surface area contributed by atoms with Crippen LogP contribution < -0.4 is 16.0 Å². The second-order valence-electron chi connectivity index (χ2n) is 9.81. The highest BCUT2D eigenvalue weighted by molar-refractivity contribution is 5.92. The summed E-state index contributed by atoms with van der Waals surface area (Å²) in [7, 11) is 0. The molecule has 0 aromatic heterocycles. The minimum Gasteiger partial charge on any atom is -0.371 e. The Labute approximate surface area is 203 Å². The first-order valence-electron chi connectivity index (χ1n) is 12.3. The predicted molar refractivity (Wildman–Crippen MR) is 124 cm³/mol. The quantitative estimate of drug-likeness (QED) is 0.547. The maximum atomic E-state index is 14.1. The number of halogens is 2. The van der Waals surface area contributed by atoms with Gasteiger partial charge in [0.15, 0.2) is 0 Å². The number of rotatable bonds is 7. The van der Waals surface area contributed by atoms with E-state index in [0.29, 0.717) is 13.0 Å². The molecule has 35 heavy (non-hydrogen) atoms. The van der Waals surface area contributed by atoms with Crippen LogP contribution in [-0.4, -0.2) is 53.3 Å². The van der Waals surface area contributed by atoms with Crippen LogP contribution in [0, 0.1) is 34.8 Å². The summed E-state index contributed by atoms with van der Waals surface area (Å²) < 4.78 is 27.7. The molecular formula is C25H31F2N5O3. The molecule has 1 aliphatic carbocycles. The number of nitriles is 1. The molecule has 188 valence electrons. The molecule has 2 bridgehead atoms. The monoisotopic (exact) mass is 487 g/mol. The van der Waals surface area contributed by atoms with E-state index < -0.39 is 35.7 Å². The Morgan fingerprint density at radius 3 is 2.66 bits per heavy atom. The lowest BCUT2D eigenvalue weighted by Gasteiger charge is -2.51. The number of nitrogens with zero attached hydrogens (tertiary/aromatic N) is 2. The summed E-state index contributed by atoms with van der Waals surface area (Å²) in [6.45, 7) is 2.18. The Morgan fingerprint density at radius 1 is 1.23 bits per heavy atom. The number of carbonyl (C=O) groups excluding carboxylic acids is 3. The molecule has 1 aromatic rings. The van der Waals surface area contributed by atoms with Crippen LogP contribution in [0.15, 0.2) is 18.2 Å². The van der Waals surface area contributed by atoms with Gasteiger partial charge in [-0.25, -0.2) is 8.78 Å². The average molecular weight is 488 g/mol. The summed E-state index contributed by atoms with van der Waals surface area (Å²) >= 11 is 0. The Bertz CT molecular complexity index is 1020. The summed E-state index contributed by atoms with van der Waals surface area (Å²) in [5.74, 6) is -2.56. The molecule has 4 fully saturated rings. The zero-order chi connectivity index (χ0) is 25.1. The van der Waals surface area contributed by atoms with Gasteiger partial charge in [0, 0.05) is 18.5 Å². The van der Waals surface area contributed by atoms with Crippen molar-refractivity contribution in [3.8, 4) is 6.07 Å². The Balaban J connectivity index is 1.47. The number of anilines is 1. The van der Waals surface area contributed by atoms with E-state index in [1.807, 2.05) is 0 Å². The average Bonchev–Trinajstić information content (AvgIpc) is 2.86. The standard InChI is InChI=1S/C25H31F2N5O3/c1-14(30-21-12-17(26)6-9-20(21)27)25(35)32-19-7-4-15(5-8-19)22(32)24(34)31-18(13-28)11-16-3-2-10-29-23(16)33/h6,9,12,14-16,18-19,22,30H,2-5,7-8,10-11H2,1H3,(H,29,33)(H,31,34)/t14-,15?,16-,18-,19?,22+/m1/s1. The number of benzene rings is 1. The summed E-state index contributed by atoms with van der Waals surface area (Å²) in [5.41, 5.74) is -0.121. The molecule has 4 atom stereocenters. The van der Waals surface area contributed by atoms with E-state index in [9.17, 15) is 28.4 Å². The van der Waals surface area contributed by atoms with Crippen LogP contribution in [0.4, 0.5) is 14.5 Å². The van der Waals surface area contributed by atoms with Crippen molar-refractivity contribution < 1.29 is 23.2 Å². The molecule has 0 unspecified atom stereocenters. The molecule has 3 heterocycles. The third-order valence-electron chi connectivity index (χ3n) is 7.47. The highest BCUT2D eigenvalue weighted by Crippen LogP contribution is 2.40. The second kappa shape index (κ2) is 10.6. The number of amides is 3. The van der Waals surface area contributed by atoms with Crippen molar-refractivity contribution in [2.24, 2.45) is 11.8 Å². The van der Waals surface area contributed by atoms with E-state index in [1.165, 1.54) is 0 Å². The molecule has 0 spiro atoms. The smallest absolute Gasteiger partial charge is 0.245 e. The fourth-order valence-corrected chi connectivity index (χ4v) is 5.68. The fraction of sp³-hybridized carbons (Fsp3) is 0.600. The van der Waals surface area contributed by atoms with Gasteiger partial charge in [0.25, 0.3) is 0 Å². The highest BCUT2D eigenvalue weighted by atomic mass is 19.1. The van der Waals surface area contributed by atoms with Crippen LogP contribution in [0.25, 0.3) is 0 Å². The molecule has 1 aromatic carbocycles. The van der Waals surface area contributed by atoms with Crippen LogP contribution >= 0.6 is 0 Å². The third kappa shape index (κ3) is 5.39. The molecular weight excluding hydrogens is 456 g/mol. The molecule has 10 heteroatoms. The van der Waals surface area contributed by atoms with Gasteiger partial charge in [-0.2, -0.15) is 5.26 Å². The first kappa shape index (κ1) is 24.9. The zero-order valence-corrected chi connectivity index (χ0v) is 19.7. The van der Waals surface area contributed by atoms with Gasteiger partial charge in [-0.15, -0.1) is 0 Å². The number of hydrogen-bond donors (Lipinski definition) is 3. The summed E-state index contributed by atoms with van der Waals surface area (Å²) in [5, 5.41) is 18.0. The van der Waals surface area contributed by atoms with Gasteiger partial charge in [0.2, 0.25) is 17.7 Å². The SMILES string of the molecule is C[C@@H](Nc1cc(F)ccc1F)C(=O)N1C2CCC(CC2)[C@H]1C(=O)N[C@@H](C#N)C[C@H]1CCCNC1=O. The molecule has 3 N–H and O–H groups in total. The maximum Gasteiger partial charge on any atom is 0.245 e. The van der Waals surface area contributed by atoms with Gasteiger partial charge >= 0.3 is 0 Å². The molecule has 4 aliphatic rings. The lowest BCUT2D eigenvalue weighted by atomic mass is 9.74. The van der Waals surface area contributed by atoms with Crippen LogP contribution in [0.3, 0.4) is 0 Å². The lowest BCUT2D eigenvalue weighted by molar-refractivity contribution is -0.154. The largest absolute Gasteiger partial charge is 0.371 e. The van der Waals surface area contributed by atoms with Gasteiger partial charge in [-0.1, -0.05) is 0 Å². The van der Waals surface area contributed by atoms with Crippen LogP contribution in [-0.2, 0) is 14.4 Å². The zero-order valence-electron chi connectivity index (χ0n) is 19.7. The second-order valence-corrected chi connectivity index (χ2v) is 9.81. The summed E-state index contributed by atoms with van der Waals surface area (Å²) in [6.07, 6.45) is 4.85. The molecule has 0 radical (unpaired) electrons. The van der Waals surface area contributed by atoms with E-state index in [4.69, 9.17) is 0 Å². The van der Waals surface area contributed by atoms with Crippen molar-refractivity contribution in [1.82, 2.24) is 15.5 Å². The number of hydrogen-bond acceptors (Lipinski definition) is 5. The van der Waals surface area contributed by atoms with Gasteiger partial charge in [-0.3, -0.25) is 14.4 Å². The summed E-state index contributed by atoms with van der Waals surface area (Å²) in [4.78, 5) is 40.5. The number of fused-ring (bicyclic) bond motifs is 3. The normalized spacial score (nSPS) is 27.4. The van der Waals surface area contributed by atoms with E-state index in [2.05, 4.69) is 22.0 Å². The van der Waals surface area contributed by atoms with E-state index in [-0.39, 0.29) is 41.8 Å². The van der Waals surface area contributed by atoms with Gasteiger partial charge in [0.05, 0.1) is 11.8 Å². The number of piperidine rings is 3. The highest BCUT2D eigenvalue weighted by Gasteiger charge is 2.48. The van der Waals surface area contributed by atoms with Gasteiger partial charge in [0.1, 0.15) is 29.8 Å². The van der Waals surface area contributed by atoms with E-state index in [0.717, 1.165) is 50.3 Å². The lowest BCUT2D eigenvalue weighted by Crippen LogP contribution is -2.65. The van der Waals surface area contributed by atoms with Crippen molar-refractivity contribution in [3.63, 3.8) is 0 Å².